The number of hydrogen-bond acceptors (Lipinski definition) is 4. The number of methoxy groups -OCH3 is 1. The van der Waals surface area contributed by atoms with Gasteiger partial charge in [0.1, 0.15) is 5.75 Å². The summed E-state index contributed by atoms with van der Waals surface area (Å²) in [6.07, 6.45) is 1.39. The van der Waals surface area contributed by atoms with Crippen LogP contribution in [-0.4, -0.2) is 23.2 Å². The summed E-state index contributed by atoms with van der Waals surface area (Å²) in [6.45, 7) is 1.95. The lowest BCUT2D eigenvalue weighted by atomic mass is 10.2. The van der Waals surface area contributed by atoms with Gasteiger partial charge in [0, 0.05) is 12.3 Å². The molecule has 0 atom stereocenters. The van der Waals surface area contributed by atoms with Crippen LogP contribution in [0.1, 0.15) is 16.1 Å². The second-order valence-corrected chi connectivity index (χ2v) is 3.94. The second kappa shape index (κ2) is 5.39. The fourth-order valence-corrected chi connectivity index (χ4v) is 1.58. The number of benzene rings is 1. The number of pyridine rings is 1. The number of aromatic nitrogens is 1. The van der Waals surface area contributed by atoms with Crippen LogP contribution in [0.3, 0.4) is 0 Å². The maximum absolute atomic E-state index is 10.8. The lowest BCUT2D eigenvalue weighted by molar-refractivity contribution is 0.0690. The minimum absolute atomic E-state index is 0.0661. The van der Waals surface area contributed by atoms with Gasteiger partial charge in [-0.15, -0.1) is 0 Å². The van der Waals surface area contributed by atoms with Gasteiger partial charge in [0.15, 0.2) is 17.2 Å². The van der Waals surface area contributed by atoms with Gasteiger partial charge >= 0.3 is 5.97 Å². The zero-order valence-electron chi connectivity index (χ0n) is 10.6. The average molecular weight is 259 g/mol. The van der Waals surface area contributed by atoms with E-state index in [1.54, 1.807) is 19.2 Å². The fourth-order valence-electron chi connectivity index (χ4n) is 1.58. The van der Waals surface area contributed by atoms with Crippen molar-refractivity contribution in [3.63, 3.8) is 0 Å². The highest BCUT2D eigenvalue weighted by Gasteiger charge is 2.09. The lowest BCUT2D eigenvalue weighted by Crippen LogP contribution is -2.00. The third-order valence-corrected chi connectivity index (χ3v) is 2.50. The first-order valence-electron chi connectivity index (χ1n) is 5.62. The SMILES string of the molecule is COc1cc(C)ccc1Oc1ccnc(C(=O)O)c1. The molecule has 0 saturated carbocycles. The molecule has 0 unspecified atom stereocenters. The van der Waals surface area contributed by atoms with Crippen LogP contribution in [0.25, 0.3) is 0 Å². The molecule has 0 radical (unpaired) electrons. The molecular weight excluding hydrogens is 246 g/mol. The fraction of sp³-hybridized carbons (Fsp3) is 0.143. The van der Waals surface area contributed by atoms with Crippen LogP contribution in [0.4, 0.5) is 0 Å². The van der Waals surface area contributed by atoms with E-state index in [2.05, 4.69) is 4.98 Å². The van der Waals surface area contributed by atoms with Crippen LogP contribution in [-0.2, 0) is 0 Å². The summed E-state index contributed by atoms with van der Waals surface area (Å²) in [5, 5.41) is 8.87. The Morgan fingerprint density at radius 1 is 1.21 bits per heavy atom. The highest BCUT2D eigenvalue weighted by molar-refractivity contribution is 5.85. The summed E-state index contributed by atoms with van der Waals surface area (Å²) < 4.78 is 10.8. The first kappa shape index (κ1) is 12.9. The zero-order chi connectivity index (χ0) is 13.8. The number of carbonyl (C=O) groups is 1. The largest absolute Gasteiger partial charge is 0.493 e. The van der Waals surface area contributed by atoms with Crippen molar-refractivity contribution in [2.75, 3.05) is 7.11 Å². The summed E-state index contributed by atoms with van der Waals surface area (Å²) in [7, 11) is 1.55. The van der Waals surface area contributed by atoms with E-state index in [-0.39, 0.29) is 5.69 Å². The van der Waals surface area contributed by atoms with Gasteiger partial charge in [-0.1, -0.05) is 6.07 Å². The van der Waals surface area contributed by atoms with Crippen LogP contribution >= 0.6 is 0 Å². The standard InChI is InChI=1S/C14H13NO4/c1-9-3-4-12(13(7-9)18-2)19-10-5-6-15-11(8-10)14(16)17/h3-8H,1-2H3,(H,16,17). The van der Waals surface area contributed by atoms with Crippen LogP contribution < -0.4 is 9.47 Å². The smallest absolute Gasteiger partial charge is 0.354 e. The number of aryl methyl sites for hydroxylation is 1. The molecular formula is C14H13NO4. The van der Waals surface area contributed by atoms with Crippen molar-refractivity contribution in [2.24, 2.45) is 0 Å². The summed E-state index contributed by atoms with van der Waals surface area (Å²) in [6, 6.07) is 8.45. The molecule has 5 heteroatoms. The van der Waals surface area contributed by atoms with Crippen molar-refractivity contribution in [2.45, 2.75) is 6.92 Å². The first-order valence-corrected chi connectivity index (χ1v) is 5.62. The number of nitrogens with zero attached hydrogens (tertiary/aromatic N) is 1. The molecule has 19 heavy (non-hydrogen) atoms. The Bertz CT molecular complexity index is 610. The van der Waals surface area contributed by atoms with Gasteiger partial charge in [-0.2, -0.15) is 0 Å². The van der Waals surface area contributed by atoms with Crippen LogP contribution in [0.15, 0.2) is 36.5 Å². The van der Waals surface area contributed by atoms with Crippen molar-refractivity contribution in [3.05, 3.63) is 47.8 Å². The minimum Gasteiger partial charge on any atom is -0.493 e. The molecule has 0 aliphatic heterocycles. The molecule has 1 aromatic carbocycles. The Morgan fingerprint density at radius 3 is 2.68 bits per heavy atom. The summed E-state index contributed by atoms with van der Waals surface area (Å²) in [5.74, 6) is 0.417. The van der Waals surface area contributed by atoms with Gasteiger partial charge in [-0.25, -0.2) is 9.78 Å². The molecule has 0 bridgehead atoms. The van der Waals surface area contributed by atoms with Crippen LogP contribution in [0.5, 0.6) is 17.2 Å². The van der Waals surface area contributed by atoms with E-state index in [9.17, 15) is 4.79 Å². The highest BCUT2D eigenvalue weighted by atomic mass is 16.5. The predicted molar refractivity (Wildman–Crippen MR) is 69.0 cm³/mol. The summed E-state index contributed by atoms with van der Waals surface area (Å²) >= 11 is 0. The molecule has 0 aliphatic rings. The minimum atomic E-state index is -1.10. The quantitative estimate of drug-likeness (QED) is 0.914. The topological polar surface area (TPSA) is 68.7 Å². The second-order valence-electron chi connectivity index (χ2n) is 3.94. The van der Waals surface area contributed by atoms with E-state index < -0.39 is 5.97 Å². The molecule has 0 fully saturated rings. The Morgan fingerprint density at radius 2 is 2.00 bits per heavy atom. The monoisotopic (exact) mass is 259 g/mol. The summed E-state index contributed by atoms with van der Waals surface area (Å²) in [5.41, 5.74) is 0.980. The van der Waals surface area contributed by atoms with E-state index in [0.29, 0.717) is 17.2 Å². The van der Waals surface area contributed by atoms with Gasteiger partial charge < -0.3 is 14.6 Å². The normalized spacial score (nSPS) is 10.0. The maximum atomic E-state index is 10.8. The maximum Gasteiger partial charge on any atom is 0.354 e. The molecule has 0 aliphatic carbocycles. The Kier molecular flexibility index (Phi) is 3.66. The van der Waals surface area contributed by atoms with Crippen molar-refractivity contribution in [1.29, 1.82) is 0 Å². The van der Waals surface area contributed by atoms with Gasteiger partial charge in [-0.05, 0) is 30.7 Å². The molecule has 0 spiro atoms. The van der Waals surface area contributed by atoms with E-state index >= 15 is 0 Å². The molecule has 0 amide bonds. The van der Waals surface area contributed by atoms with Crippen molar-refractivity contribution in [1.82, 2.24) is 4.98 Å². The third-order valence-electron chi connectivity index (χ3n) is 2.50. The molecule has 1 aromatic heterocycles. The molecule has 1 N–H and O–H groups in total. The Hall–Kier alpha value is -2.56. The number of ether oxygens (including phenoxy) is 2. The molecule has 2 rings (SSSR count). The number of hydrogen-bond donors (Lipinski definition) is 1. The predicted octanol–water partition coefficient (Wildman–Crippen LogP) is 2.89. The molecule has 5 nitrogen and oxygen atoms in total. The van der Waals surface area contributed by atoms with Gasteiger partial charge in [-0.3, -0.25) is 0 Å². The Balaban J connectivity index is 2.30. The number of carboxylic acids is 1. The summed E-state index contributed by atoms with van der Waals surface area (Å²) in [4.78, 5) is 14.6. The lowest BCUT2D eigenvalue weighted by Gasteiger charge is -2.11. The van der Waals surface area contributed by atoms with Crippen molar-refractivity contribution in [3.8, 4) is 17.2 Å². The van der Waals surface area contributed by atoms with E-state index in [0.717, 1.165) is 5.56 Å². The van der Waals surface area contributed by atoms with Crippen molar-refractivity contribution < 1.29 is 19.4 Å². The van der Waals surface area contributed by atoms with Crippen LogP contribution in [0.2, 0.25) is 0 Å². The van der Waals surface area contributed by atoms with E-state index in [1.807, 2.05) is 19.1 Å². The van der Waals surface area contributed by atoms with Crippen LogP contribution in [0, 0.1) is 6.92 Å². The number of carboxylic acid groups (broad SMARTS) is 1. The van der Waals surface area contributed by atoms with E-state index in [4.69, 9.17) is 14.6 Å². The van der Waals surface area contributed by atoms with E-state index in [1.165, 1.54) is 12.3 Å². The first-order chi connectivity index (χ1) is 9.10. The van der Waals surface area contributed by atoms with Gasteiger partial charge in [0.25, 0.3) is 0 Å². The highest BCUT2D eigenvalue weighted by Crippen LogP contribution is 2.32. The average Bonchev–Trinajstić information content (AvgIpc) is 2.41. The third kappa shape index (κ3) is 3.01. The molecule has 98 valence electrons. The number of aromatic carboxylic acids is 1. The molecule has 2 aromatic rings. The van der Waals surface area contributed by atoms with Crippen molar-refractivity contribution >= 4 is 5.97 Å². The van der Waals surface area contributed by atoms with Gasteiger partial charge in [0.05, 0.1) is 7.11 Å². The zero-order valence-corrected chi connectivity index (χ0v) is 10.6. The Labute approximate surface area is 110 Å². The molecule has 0 saturated heterocycles. The number of rotatable bonds is 4. The van der Waals surface area contributed by atoms with Gasteiger partial charge in [0.2, 0.25) is 0 Å². The molecule has 1 heterocycles.